The van der Waals surface area contributed by atoms with Crippen molar-refractivity contribution < 1.29 is 19.1 Å². The van der Waals surface area contributed by atoms with E-state index in [0.29, 0.717) is 17.2 Å². The van der Waals surface area contributed by atoms with Gasteiger partial charge in [0.1, 0.15) is 0 Å². The molecule has 6 heteroatoms. The summed E-state index contributed by atoms with van der Waals surface area (Å²) in [6.45, 7) is 6.22. The van der Waals surface area contributed by atoms with E-state index in [1.807, 2.05) is 39.0 Å². The highest BCUT2D eigenvalue weighted by molar-refractivity contribution is 6.39. The lowest BCUT2D eigenvalue weighted by Gasteiger charge is -2.13. The van der Waals surface area contributed by atoms with Crippen LogP contribution < -0.4 is 20.1 Å². The van der Waals surface area contributed by atoms with E-state index in [4.69, 9.17) is 9.47 Å². The third-order valence-electron chi connectivity index (χ3n) is 4.01. The fraction of sp³-hybridized carbons (Fsp3) is 0.263. The number of nitrogens with one attached hydrogen (secondary N) is 2. The van der Waals surface area contributed by atoms with Crippen LogP contribution in [0.25, 0.3) is 0 Å². The Labute approximate surface area is 146 Å². The maximum absolute atomic E-state index is 12.1. The molecule has 0 saturated carbocycles. The highest BCUT2D eigenvalue weighted by Crippen LogP contribution is 2.32. The van der Waals surface area contributed by atoms with Gasteiger partial charge in [0, 0.05) is 12.2 Å². The molecular formula is C19H20N2O4. The maximum atomic E-state index is 12.1. The molecule has 0 unspecified atom stereocenters. The minimum atomic E-state index is -0.684. The van der Waals surface area contributed by atoms with Gasteiger partial charge in [0.05, 0.1) is 0 Å². The van der Waals surface area contributed by atoms with Crippen molar-refractivity contribution in [3.8, 4) is 11.5 Å². The van der Waals surface area contributed by atoms with Gasteiger partial charge in [-0.25, -0.2) is 0 Å². The largest absolute Gasteiger partial charge is 0.454 e. The zero-order valence-corrected chi connectivity index (χ0v) is 14.4. The first-order chi connectivity index (χ1) is 11.9. The van der Waals surface area contributed by atoms with E-state index < -0.39 is 11.8 Å². The SMILES string of the molecule is Cc1cc(C)c(NC(=O)C(=O)NCc2ccc3c(c2)OCO3)c(C)c1. The van der Waals surface area contributed by atoms with Crippen molar-refractivity contribution in [2.24, 2.45) is 0 Å². The summed E-state index contributed by atoms with van der Waals surface area (Å²) in [7, 11) is 0. The van der Waals surface area contributed by atoms with Gasteiger partial charge in [0.15, 0.2) is 11.5 Å². The standard InChI is InChI=1S/C19H20N2O4/c1-11-6-12(2)17(13(3)7-11)21-19(23)18(22)20-9-14-4-5-15-16(8-14)25-10-24-15/h4-8H,9-10H2,1-3H3,(H,20,22)(H,21,23). The zero-order chi connectivity index (χ0) is 18.0. The Balaban J connectivity index is 1.61. The summed E-state index contributed by atoms with van der Waals surface area (Å²) in [6, 6.07) is 9.32. The number of amides is 2. The molecule has 1 aliphatic heterocycles. The lowest BCUT2D eigenvalue weighted by atomic mass is 10.1. The molecule has 25 heavy (non-hydrogen) atoms. The van der Waals surface area contributed by atoms with Crippen molar-refractivity contribution in [2.45, 2.75) is 27.3 Å². The molecule has 6 nitrogen and oxygen atoms in total. The van der Waals surface area contributed by atoms with E-state index in [1.165, 1.54) is 0 Å². The van der Waals surface area contributed by atoms with Crippen molar-refractivity contribution in [1.29, 1.82) is 0 Å². The maximum Gasteiger partial charge on any atom is 0.313 e. The molecule has 0 aromatic heterocycles. The number of aryl methyl sites for hydroxylation is 3. The van der Waals surface area contributed by atoms with Crippen LogP contribution in [0.15, 0.2) is 30.3 Å². The Bertz CT molecular complexity index is 822. The smallest absolute Gasteiger partial charge is 0.313 e. The van der Waals surface area contributed by atoms with Crippen molar-refractivity contribution in [3.05, 3.63) is 52.6 Å². The van der Waals surface area contributed by atoms with E-state index in [0.717, 1.165) is 22.3 Å². The van der Waals surface area contributed by atoms with Gasteiger partial charge in [-0.05, 0) is 49.6 Å². The first-order valence-corrected chi connectivity index (χ1v) is 7.99. The molecule has 2 amide bonds. The monoisotopic (exact) mass is 340 g/mol. The number of hydrogen-bond donors (Lipinski definition) is 2. The third-order valence-corrected chi connectivity index (χ3v) is 4.01. The van der Waals surface area contributed by atoms with Gasteiger partial charge in [0.2, 0.25) is 6.79 Å². The summed E-state index contributed by atoms with van der Waals surface area (Å²) < 4.78 is 10.5. The van der Waals surface area contributed by atoms with Crippen LogP contribution in [-0.4, -0.2) is 18.6 Å². The molecule has 1 aliphatic rings. The number of carbonyl (C=O) groups excluding carboxylic acids is 2. The molecule has 0 saturated heterocycles. The summed E-state index contributed by atoms with van der Waals surface area (Å²) in [5, 5.41) is 5.30. The lowest BCUT2D eigenvalue weighted by Crippen LogP contribution is -2.35. The topological polar surface area (TPSA) is 76.7 Å². The Morgan fingerprint density at radius 2 is 1.64 bits per heavy atom. The average molecular weight is 340 g/mol. The molecular weight excluding hydrogens is 320 g/mol. The summed E-state index contributed by atoms with van der Waals surface area (Å²) in [4.78, 5) is 24.2. The fourth-order valence-corrected chi connectivity index (χ4v) is 2.86. The highest BCUT2D eigenvalue weighted by atomic mass is 16.7. The van der Waals surface area contributed by atoms with E-state index in [9.17, 15) is 9.59 Å². The molecule has 0 fully saturated rings. The predicted molar refractivity (Wildman–Crippen MR) is 93.7 cm³/mol. The second kappa shape index (κ2) is 6.84. The number of ether oxygens (including phenoxy) is 2. The molecule has 2 aromatic rings. The number of rotatable bonds is 3. The van der Waals surface area contributed by atoms with Crippen molar-refractivity contribution in [1.82, 2.24) is 5.32 Å². The molecule has 0 radical (unpaired) electrons. The van der Waals surface area contributed by atoms with Gasteiger partial charge < -0.3 is 20.1 Å². The van der Waals surface area contributed by atoms with E-state index in [1.54, 1.807) is 12.1 Å². The quantitative estimate of drug-likeness (QED) is 0.842. The second-order valence-electron chi connectivity index (χ2n) is 6.10. The summed E-state index contributed by atoms with van der Waals surface area (Å²) >= 11 is 0. The van der Waals surface area contributed by atoms with Crippen LogP contribution in [0.4, 0.5) is 5.69 Å². The molecule has 130 valence electrons. The first kappa shape index (κ1) is 16.8. The molecule has 0 aliphatic carbocycles. The molecule has 0 spiro atoms. The number of hydrogen-bond acceptors (Lipinski definition) is 4. The minimum Gasteiger partial charge on any atom is -0.454 e. The Kier molecular flexibility index (Phi) is 4.61. The van der Waals surface area contributed by atoms with E-state index in [2.05, 4.69) is 10.6 Å². The predicted octanol–water partition coefficient (Wildman–Crippen LogP) is 2.60. The summed E-state index contributed by atoms with van der Waals surface area (Å²) in [6.07, 6.45) is 0. The number of anilines is 1. The Morgan fingerprint density at radius 1 is 0.960 bits per heavy atom. The van der Waals surface area contributed by atoms with Crippen molar-refractivity contribution >= 4 is 17.5 Å². The minimum absolute atomic E-state index is 0.197. The third kappa shape index (κ3) is 3.74. The lowest BCUT2D eigenvalue weighted by molar-refractivity contribution is -0.136. The highest BCUT2D eigenvalue weighted by Gasteiger charge is 2.17. The second-order valence-corrected chi connectivity index (χ2v) is 6.10. The van der Waals surface area contributed by atoms with E-state index >= 15 is 0 Å². The number of fused-ring (bicyclic) bond motifs is 1. The zero-order valence-electron chi connectivity index (χ0n) is 14.4. The van der Waals surface area contributed by atoms with Gasteiger partial charge in [-0.1, -0.05) is 23.8 Å². The fourth-order valence-electron chi connectivity index (χ4n) is 2.86. The normalized spacial score (nSPS) is 12.0. The number of carbonyl (C=O) groups is 2. The van der Waals surface area contributed by atoms with Gasteiger partial charge in [-0.3, -0.25) is 9.59 Å². The summed E-state index contributed by atoms with van der Waals surface area (Å²) in [5.41, 5.74) is 4.46. The van der Waals surface area contributed by atoms with Crippen LogP contribution >= 0.6 is 0 Å². The summed E-state index contributed by atoms with van der Waals surface area (Å²) in [5.74, 6) is -0.0481. The van der Waals surface area contributed by atoms with Gasteiger partial charge in [-0.15, -0.1) is 0 Å². The number of benzene rings is 2. The van der Waals surface area contributed by atoms with E-state index in [-0.39, 0.29) is 13.3 Å². The van der Waals surface area contributed by atoms with Gasteiger partial charge in [0.25, 0.3) is 0 Å². The van der Waals surface area contributed by atoms with Crippen molar-refractivity contribution in [3.63, 3.8) is 0 Å². The van der Waals surface area contributed by atoms with Gasteiger partial charge >= 0.3 is 11.8 Å². The van der Waals surface area contributed by atoms with Crippen LogP contribution in [0.1, 0.15) is 22.3 Å². The molecule has 0 bridgehead atoms. The molecule has 2 aromatic carbocycles. The van der Waals surface area contributed by atoms with Crippen LogP contribution in [0.5, 0.6) is 11.5 Å². The average Bonchev–Trinajstić information content (AvgIpc) is 3.03. The van der Waals surface area contributed by atoms with Crippen LogP contribution in [-0.2, 0) is 16.1 Å². The Hall–Kier alpha value is -3.02. The van der Waals surface area contributed by atoms with Gasteiger partial charge in [-0.2, -0.15) is 0 Å². The van der Waals surface area contributed by atoms with Crippen LogP contribution in [0, 0.1) is 20.8 Å². The van der Waals surface area contributed by atoms with Crippen LogP contribution in [0.3, 0.4) is 0 Å². The molecule has 1 heterocycles. The molecule has 0 atom stereocenters. The first-order valence-electron chi connectivity index (χ1n) is 7.99. The molecule has 3 rings (SSSR count). The molecule has 2 N–H and O–H groups in total. The van der Waals surface area contributed by atoms with Crippen LogP contribution in [0.2, 0.25) is 0 Å². The van der Waals surface area contributed by atoms with Crippen molar-refractivity contribution in [2.75, 3.05) is 12.1 Å². The Morgan fingerprint density at radius 3 is 2.36 bits per heavy atom.